The van der Waals surface area contributed by atoms with Crippen LogP contribution < -0.4 is 4.74 Å². The minimum Gasteiger partial charge on any atom is -0.502 e. The number of phenolic OH excluding ortho intramolecular Hbond substituents is 1. The molecule has 24 heavy (non-hydrogen) atoms. The van der Waals surface area contributed by atoms with Gasteiger partial charge in [0, 0.05) is 23.2 Å². The first kappa shape index (κ1) is 17.7. The van der Waals surface area contributed by atoms with Crippen LogP contribution in [0.15, 0.2) is 46.9 Å². The summed E-state index contributed by atoms with van der Waals surface area (Å²) in [4.78, 5) is 23.6. The molecule has 126 valence electrons. The highest BCUT2D eigenvalue weighted by molar-refractivity contribution is 9.10. The van der Waals surface area contributed by atoms with Crippen molar-refractivity contribution in [3.8, 4) is 11.5 Å². The van der Waals surface area contributed by atoms with Gasteiger partial charge in [-0.3, -0.25) is 14.9 Å². The highest BCUT2D eigenvalue weighted by Crippen LogP contribution is 2.26. The molecular formula is C16H15BrN2O5. The Morgan fingerprint density at radius 2 is 1.96 bits per heavy atom. The lowest BCUT2D eigenvalue weighted by Crippen LogP contribution is -2.30. The van der Waals surface area contributed by atoms with E-state index >= 15 is 0 Å². The van der Waals surface area contributed by atoms with E-state index in [1.165, 1.54) is 11.0 Å². The molecule has 2 aromatic rings. The van der Waals surface area contributed by atoms with Crippen molar-refractivity contribution in [1.82, 2.24) is 4.90 Å². The number of amides is 1. The van der Waals surface area contributed by atoms with Gasteiger partial charge in [0.05, 0.1) is 11.5 Å². The van der Waals surface area contributed by atoms with Gasteiger partial charge in [-0.1, -0.05) is 15.9 Å². The third kappa shape index (κ3) is 4.45. The zero-order valence-electron chi connectivity index (χ0n) is 12.8. The molecule has 0 saturated heterocycles. The summed E-state index contributed by atoms with van der Waals surface area (Å²) in [7, 11) is 1.59. The Labute approximate surface area is 146 Å². The maximum atomic E-state index is 12.2. The van der Waals surface area contributed by atoms with Crippen molar-refractivity contribution in [3.63, 3.8) is 0 Å². The molecule has 0 aliphatic carbocycles. The average molecular weight is 395 g/mol. The van der Waals surface area contributed by atoms with E-state index in [4.69, 9.17) is 4.74 Å². The minimum absolute atomic E-state index is 0.171. The van der Waals surface area contributed by atoms with Gasteiger partial charge in [-0.25, -0.2) is 0 Å². The summed E-state index contributed by atoms with van der Waals surface area (Å²) in [5.74, 6) is -0.211. The predicted octanol–water partition coefficient (Wildman–Crippen LogP) is 3.21. The fourth-order valence-corrected chi connectivity index (χ4v) is 2.23. The van der Waals surface area contributed by atoms with Crippen molar-refractivity contribution < 1.29 is 19.6 Å². The molecule has 0 heterocycles. The number of rotatable bonds is 6. The second kappa shape index (κ2) is 7.78. The topological polar surface area (TPSA) is 92.9 Å². The predicted molar refractivity (Wildman–Crippen MR) is 91.4 cm³/mol. The fourth-order valence-electron chi connectivity index (χ4n) is 1.96. The zero-order chi connectivity index (χ0) is 17.7. The summed E-state index contributed by atoms with van der Waals surface area (Å²) in [5, 5.41) is 20.3. The number of hydrogen-bond acceptors (Lipinski definition) is 5. The van der Waals surface area contributed by atoms with Crippen molar-refractivity contribution in [3.05, 3.63) is 62.6 Å². The van der Waals surface area contributed by atoms with Crippen LogP contribution in [-0.4, -0.2) is 41.0 Å². The van der Waals surface area contributed by atoms with Gasteiger partial charge in [0.2, 0.25) is 0 Å². The smallest absolute Gasteiger partial charge is 0.310 e. The number of likely N-dealkylation sites (N-methyl/N-ethyl adjacent to an activating group) is 1. The lowest BCUT2D eigenvalue weighted by Gasteiger charge is -2.17. The molecule has 0 saturated carbocycles. The lowest BCUT2D eigenvalue weighted by atomic mass is 10.1. The van der Waals surface area contributed by atoms with Crippen molar-refractivity contribution in [1.29, 1.82) is 0 Å². The Morgan fingerprint density at radius 1 is 1.29 bits per heavy atom. The van der Waals surface area contributed by atoms with Gasteiger partial charge in [0.1, 0.15) is 12.4 Å². The first-order valence-electron chi connectivity index (χ1n) is 6.99. The lowest BCUT2D eigenvalue weighted by molar-refractivity contribution is -0.385. The number of nitrogens with zero attached hydrogens (tertiary/aromatic N) is 2. The number of aromatic hydroxyl groups is 1. The highest BCUT2D eigenvalue weighted by atomic mass is 79.9. The van der Waals surface area contributed by atoms with Gasteiger partial charge in [0.15, 0.2) is 5.75 Å². The molecule has 2 rings (SSSR count). The van der Waals surface area contributed by atoms with Crippen LogP contribution in [-0.2, 0) is 0 Å². The molecule has 1 N–H and O–H groups in total. The van der Waals surface area contributed by atoms with Gasteiger partial charge in [-0.15, -0.1) is 0 Å². The number of nitro groups is 1. The Kier molecular flexibility index (Phi) is 5.75. The van der Waals surface area contributed by atoms with Crippen LogP contribution in [0.1, 0.15) is 10.4 Å². The van der Waals surface area contributed by atoms with E-state index in [2.05, 4.69) is 15.9 Å². The van der Waals surface area contributed by atoms with Crippen LogP contribution >= 0.6 is 15.9 Å². The standard InChI is InChI=1S/C16H15BrN2O5/c1-18(8-9-24-13-5-3-12(17)4-6-13)16(21)11-2-7-14(19(22)23)15(20)10-11/h2-7,10,20H,8-9H2,1H3. The van der Waals surface area contributed by atoms with Crippen LogP contribution in [0, 0.1) is 10.1 Å². The van der Waals surface area contributed by atoms with E-state index in [0.29, 0.717) is 18.9 Å². The van der Waals surface area contributed by atoms with Gasteiger partial charge in [0.25, 0.3) is 5.91 Å². The molecule has 0 aliphatic rings. The number of hydrogen-bond donors (Lipinski definition) is 1. The molecular weight excluding hydrogens is 380 g/mol. The molecule has 7 nitrogen and oxygen atoms in total. The number of carbonyl (C=O) groups excluding carboxylic acids is 1. The summed E-state index contributed by atoms with van der Waals surface area (Å²) in [6, 6.07) is 10.8. The first-order valence-corrected chi connectivity index (χ1v) is 7.79. The Balaban J connectivity index is 1.93. The van der Waals surface area contributed by atoms with E-state index in [1.807, 2.05) is 12.1 Å². The van der Waals surface area contributed by atoms with E-state index < -0.39 is 16.4 Å². The normalized spacial score (nSPS) is 10.2. The van der Waals surface area contributed by atoms with Crippen molar-refractivity contribution in [2.75, 3.05) is 20.2 Å². The van der Waals surface area contributed by atoms with Gasteiger partial charge < -0.3 is 14.7 Å². The van der Waals surface area contributed by atoms with Gasteiger partial charge in [-0.05, 0) is 36.4 Å². The van der Waals surface area contributed by atoms with Crippen LogP contribution in [0.4, 0.5) is 5.69 Å². The average Bonchev–Trinajstić information content (AvgIpc) is 2.55. The number of ether oxygens (including phenoxy) is 1. The molecule has 1 amide bonds. The number of benzene rings is 2. The second-order valence-electron chi connectivity index (χ2n) is 4.99. The fraction of sp³-hybridized carbons (Fsp3) is 0.188. The van der Waals surface area contributed by atoms with Crippen molar-refractivity contribution in [2.24, 2.45) is 0 Å². The van der Waals surface area contributed by atoms with E-state index in [1.54, 1.807) is 19.2 Å². The first-order chi connectivity index (χ1) is 11.4. The Bertz CT molecular complexity index is 749. The Hall–Kier alpha value is -2.61. The molecule has 2 aromatic carbocycles. The van der Waals surface area contributed by atoms with Crippen LogP contribution in [0.2, 0.25) is 0 Å². The van der Waals surface area contributed by atoms with Crippen molar-refractivity contribution in [2.45, 2.75) is 0 Å². The number of nitro benzene ring substituents is 1. The third-order valence-corrected chi connectivity index (χ3v) is 3.80. The number of carbonyl (C=O) groups is 1. The summed E-state index contributed by atoms with van der Waals surface area (Å²) in [6.45, 7) is 0.621. The van der Waals surface area contributed by atoms with E-state index in [9.17, 15) is 20.0 Å². The van der Waals surface area contributed by atoms with Gasteiger partial charge >= 0.3 is 5.69 Å². The van der Waals surface area contributed by atoms with E-state index in [0.717, 1.165) is 16.6 Å². The van der Waals surface area contributed by atoms with Crippen LogP contribution in [0.5, 0.6) is 11.5 Å². The van der Waals surface area contributed by atoms with Crippen LogP contribution in [0.3, 0.4) is 0 Å². The third-order valence-electron chi connectivity index (χ3n) is 3.27. The molecule has 0 aromatic heterocycles. The zero-order valence-corrected chi connectivity index (χ0v) is 14.4. The number of phenols is 1. The maximum Gasteiger partial charge on any atom is 0.310 e. The molecule has 0 fully saturated rings. The molecule has 8 heteroatoms. The van der Waals surface area contributed by atoms with Gasteiger partial charge in [-0.2, -0.15) is 0 Å². The molecule has 0 unspecified atom stereocenters. The molecule has 0 radical (unpaired) electrons. The van der Waals surface area contributed by atoms with E-state index in [-0.39, 0.29) is 11.5 Å². The van der Waals surface area contributed by atoms with Crippen LogP contribution in [0.25, 0.3) is 0 Å². The Morgan fingerprint density at radius 3 is 2.54 bits per heavy atom. The van der Waals surface area contributed by atoms with Crippen molar-refractivity contribution >= 4 is 27.5 Å². The number of halogens is 1. The summed E-state index contributed by atoms with van der Waals surface area (Å²) in [5.41, 5.74) is -0.267. The molecule has 0 aliphatic heterocycles. The highest BCUT2D eigenvalue weighted by Gasteiger charge is 2.18. The minimum atomic E-state index is -0.709. The SMILES string of the molecule is CN(CCOc1ccc(Br)cc1)C(=O)c1ccc([N+](=O)[O-])c(O)c1. The molecule has 0 spiro atoms. The summed E-state index contributed by atoms with van der Waals surface area (Å²) >= 11 is 3.33. The molecule has 0 bridgehead atoms. The largest absolute Gasteiger partial charge is 0.502 e. The summed E-state index contributed by atoms with van der Waals surface area (Å²) < 4.78 is 6.48. The second-order valence-corrected chi connectivity index (χ2v) is 5.91. The summed E-state index contributed by atoms with van der Waals surface area (Å²) in [6.07, 6.45) is 0. The maximum absolute atomic E-state index is 12.2. The quantitative estimate of drug-likeness (QED) is 0.599. The monoisotopic (exact) mass is 394 g/mol. The molecule has 0 atom stereocenters.